The van der Waals surface area contributed by atoms with Crippen LogP contribution in [-0.2, 0) is 13.1 Å². The molecular formula is C21H31FIN5S. The zero-order valence-corrected chi connectivity index (χ0v) is 20.5. The molecule has 0 bridgehead atoms. The number of nitrogens with zero attached hydrogens (tertiary/aromatic N) is 4. The second-order valence-electron chi connectivity index (χ2n) is 7.49. The van der Waals surface area contributed by atoms with Crippen molar-refractivity contribution in [3.8, 4) is 0 Å². The van der Waals surface area contributed by atoms with Crippen LogP contribution in [0, 0.1) is 18.7 Å². The van der Waals surface area contributed by atoms with Crippen LogP contribution in [0.3, 0.4) is 0 Å². The molecule has 3 rings (SSSR count). The van der Waals surface area contributed by atoms with E-state index in [1.165, 1.54) is 24.6 Å². The van der Waals surface area contributed by atoms with Crippen LogP contribution in [0.1, 0.15) is 29.1 Å². The van der Waals surface area contributed by atoms with Crippen LogP contribution in [0.2, 0.25) is 0 Å². The van der Waals surface area contributed by atoms with Crippen molar-refractivity contribution in [1.82, 2.24) is 20.1 Å². The third kappa shape index (κ3) is 7.49. The minimum absolute atomic E-state index is 0. The Labute approximate surface area is 194 Å². The normalized spacial score (nSPS) is 15.8. The summed E-state index contributed by atoms with van der Waals surface area (Å²) in [5.41, 5.74) is 2.13. The monoisotopic (exact) mass is 531 g/mol. The molecule has 0 unspecified atom stereocenters. The maximum atomic E-state index is 13.4. The molecule has 5 nitrogen and oxygen atoms in total. The Bertz CT molecular complexity index is 789. The van der Waals surface area contributed by atoms with E-state index in [-0.39, 0.29) is 29.8 Å². The van der Waals surface area contributed by atoms with Crippen molar-refractivity contribution in [2.45, 2.75) is 32.9 Å². The fourth-order valence-corrected chi connectivity index (χ4v) is 4.27. The maximum Gasteiger partial charge on any atom is 0.193 e. The first-order valence-corrected chi connectivity index (χ1v) is 10.7. The zero-order chi connectivity index (χ0) is 19.9. The highest BCUT2D eigenvalue weighted by atomic mass is 127. The van der Waals surface area contributed by atoms with Gasteiger partial charge in [-0.2, -0.15) is 0 Å². The van der Waals surface area contributed by atoms with Gasteiger partial charge < -0.3 is 10.2 Å². The number of likely N-dealkylation sites (tertiary alicyclic amines) is 1. The average molecular weight is 531 g/mol. The first-order chi connectivity index (χ1) is 13.5. The summed E-state index contributed by atoms with van der Waals surface area (Å²) >= 11 is 1.72. The van der Waals surface area contributed by atoms with Gasteiger partial charge in [0, 0.05) is 39.1 Å². The Balaban J connectivity index is 0.00000300. The summed E-state index contributed by atoms with van der Waals surface area (Å²) < 4.78 is 13.4. The molecule has 8 heteroatoms. The molecule has 0 radical (unpaired) electrons. The number of halogens is 2. The van der Waals surface area contributed by atoms with Gasteiger partial charge in [0.25, 0.3) is 0 Å². The second-order valence-corrected chi connectivity index (χ2v) is 8.55. The van der Waals surface area contributed by atoms with Gasteiger partial charge in [0.15, 0.2) is 5.96 Å². The van der Waals surface area contributed by atoms with Gasteiger partial charge in [-0.15, -0.1) is 35.3 Å². The molecule has 0 atom stereocenters. The molecule has 1 N–H and O–H groups in total. The molecule has 1 aliphatic rings. The molecular weight excluding hydrogens is 500 g/mol. The quantitative estimate of drug-likeness (QED) is 0.346. The molecule has 0 amide bonds. The summed E-state index contributed by atoms with van der Waals surface area (Å²) in [5.74, 6) is 1.30. The first kappa shape index (κ1) is 24.0. The molecule has 1 aromatic carbocycles. The van der Waals surface area contributed by atoms with Crippen LogP contribution in [0.25, 0.3) is 0 Å². The van der Waals surface area contributed by atoms with E-state index in [0.29, 0.717) is 12.5 Å². The minimum atomic E-state index is -0.201. The highest BCUT2D eigenvalue weighted by molar-refractivity contribution is 14.0. The minimum Gasteiger partial charge on any atom is -0.356 e. The Morgan fingerprint density at radius 1 is 1.38 bits per heavy atom. The highest BCUT2D eigenvalue weighted by Crippen LogP contribution is 2.19. The lowest BCUT2D eigenvalue weighted by atomic mass is 9.97. The number of hydrogen-bond acceptors (Lipinski definition) is 4. The van der Waals surface area contributed by atoms with Crippen LogP contribution < -0.4 is 5.32 Å². The first-order valence-electron chi connectivity index (χ1n) is 9.83. The smallest absolute Gasteiger partial charge is 0.193 e. The SMILES string of the molecule is CN=C(NCC1CCN(Cc2csc(C)n2)CC1)N(C)Cc1cccc(F)c1.I. The summed E-state index contributed by atoms with van der Waals surface area (Å²) in [6.07, 6.45) is 2.36. The van der Waals surface area contributed by atoms with E-state index in [0.717, 1.165) is 42.7 Å². The third-order valence-electron chi connectivity index (χ3n) is 5.19. The summed E-state index contributed by atoms with van der Waals surface area (Å²) in [6.45, 7) is 6.79. The molecule has 1 saturated heterocycles. The Morgan fingerprint density at radius 2 is 2.14 bits per heavy atom. The largest absolute Gasteiger partial charge is 0.356 e. The van der Waals surface area contributed by atoms with E-state index in [1.807, 2.05) is 18.0 Å². The van der Waals surface area contributed by atoms with Crippen molar-refractivity contribution in [2.75, 3.05) is 33.7 Å². The van der Waals surface area contributed by atoms with Gasteiger partial charge in [-0.3, -0.25) is 9.89 Å². The van der Waals surface area contributed by atoms with Crippen molar-refractivity contribution in [1.29, 1.82) is 0 Å². The Kier molecular flexibility index (Phi) is 9.78. The van der Waals surface area contributed by atoms with Gasteiger partial charge in [0.05, 0.1) is 10.7 Å². The number of aliphatic imine (C=N–C) groups is 1. The summed E-state index contributed by atoms with van der Waals surface area (Å²) in [7, 11) is 3.78. The number of thiazole rings is 1. The molecule has 2 aromatic rings. The predicted molar refractivity (Wildman–Crippen MR) is 129 cm³/mol. The van der Waals surface area contributed by atoms with Gasteiger partial charge in [0.1, 0.15) is 5.82 Å². The average Bonchev–Trinajstić information content (AvgIpc) is 3.08. The maximum absolute atomic E-state index is 13.4. The standard InChI is InChI=1S/C21H30FN5S.HI/c1-16-25-20(15-28-16)14-27-9-7-17(8-10-27)12-24-21(23-2)26(3)13-18-5-4-6-19(22)11-18;/h4-6,11,15,17H,7-10,12-14H2,1-3H3,(H,23,24);1H. The van der Waals surface area contributed by atoms with Crippen LogP contribution in [0.5, 0.6) is 0 Å². The van der Waals surface area contributed by atoms with Gasteiger partial charge in [-0.25, -0.2) is 9.37 Å². The Morgan fingerprint density at radius 3 is 2.76 bits per heavy atom. The summed E-state index contributed by atoms with van der Waals surface area (Å²) in [5, 5.41) is 6.80. The van der Waals surface area contributed by atoms with Crippen LogP contribution in [0.15, 0.2) is 34.6 Å². The van der Waals surface area contributed by atoms with E-state index in [1.54, 1.807) is 30.5 Å². The zero-order valence-electron chi connectivity index (χ0n) is 17.4. The molecule has 29 heavy (non-hydrogen) atoms. The van der Waals surface area contributed by atoms with Gasteiger partial charge in [0.2, 0.25) is 0 Å². The van der Waals surface area contributed by atoms with Crippen molar-refractivity contribution in [2.24, 2.45) is 10.9 Å². The van der Waals surface area contributed by atoms with Crippen LogP contribution in [-0.4, -0.2) is 54.5 Å². The number of guanidine groups is 1. The molecule has 1 aromatic heterocycles. The molecule has 160 valence electrons. The van der Waals surface area contributed by atoms with Crippen molar-refractivity contribution in [3.63, 3.8) is 0 Å². The number of benzene rings is 1. The van der Waals surface area contributed by atoms with E-state index in [2.05, 4.69) is 32.5 Å². The fraction of sp³-hybridized carbons (Fsp3) is 0.524. The molecule has 0 spiro atoms. The molecule has 1 aliphatic heterocycles. The lowest BCUT2D eigenvalue weighted by Gasteiger charge is -2.32. The summed E-state index contributed by atoms with van der Waals surface area (Å²) in [6, 6.07) is 6.73. The van der Waals surface area contributed by atoms with Gasteiger partial charge in [-0.1, -0.05) is 12.1 Å². The van der Waals surface area contributed by atoms with Crippen LogP contribution in [0.4, 0.5) is 4.39 Å². The number of rotatable bonds is 6. The lowest BCUT2D eigenvalue weighted by molar-refractivity contribution is 0.176. The fourth-order valence-electron chi connectivity index (χ4n) is 3.66. The highest BCUT2D eigenvalue weighted by Gasteiger charge is 2.20. The van der Waals surface area contributed by atoms with Crippen molar-refractivity contribution in [3.05, 3.63) is 51.7 Å². The van der Waals surface area contributed by atoms with Crippen LogP contribution >= 0.6 is 35.3 Å². The molecule has 2 heterocycles. The molecule has 0 saturated carbocycles. The molecule has 0 aliphatic carbocycles. The van der Waals surface area contributed by atoms with E-state index < -0.39 is 0 Å². The number of nitrogens with one attached hydrogen (secondary N) is 1. The second kappa shape index (κ2) is 11.8. The molecule has 1 fully saturated rings. The van der Waals surface area contributed by atoms with Gasteiger partial charge in [-0.05, 0) is 56.5 Å². The summed E-state index contributed by atoms with van der Waals surface area (Å²) in [4.78, 5) is 13.5. The number of hydrogen-bond donors (Lipinski definition) is 1. The number of piperidine rings is 1. The lowest BCUT2D eigenvalue weighted by Crippen LogP contribution is -2.43. The predicted octanol–water partition coefficient (Wildman–Crippen LogP) is 4.13. The number of aromatic nitrogens is 1. The van der Waals surface area contributed by atoms with Crippen molar-refractivity contribution < 1.29 is 4.39 Å². The number of aryl methyl sites for hydroxylation is 1. The van der Waals surface area contributed by atoms with E-state index in [4.69, 9.17) is 0 Å². The third-order valence-corrected chi connectivity index (χ3v) is 6.01. The van der Waals surface area contributed by atoms with Crippen molar-refractivity contribution >= 4 is 41.3 Å². The topological polar surface area (TPSA) is 43.8 Å². The van der Waals surface area contributed by atoms with Gasteiger partial charge >= 0.3 is 0 Å². The Hall–Kier alpha value is -1.26. The van der Waals surface area contributed by atoms with E-state index in [9.17, 15) is 4.39 Å². The van der Waals surface area contributed by atoms with E-state index >= 15 is 0 Å².